The van der Waals surface area contributed by atoms with Gasteiger partial charge in [0.15, 0.2) is 0 Å². The number of carbonyl (C=O) groups is 2. The van der Waals surface area contributed by atoms with Gasteiger partial charge in [-0.1, -0.05) is 79.4 Å². The number of methoxy groups -OCH3 is 1. The summed E-state index contributed by atoms with van der Waals surface area (Å²) < 4.78 is 34.5. The number of rotatable bonds is 12. The highest BCUT2D eigenvalue weighted by Crippen LogP contribution is 2.35. The number of hydrogen-bond donors (Lipinski definition) is 1. The van der Waals surface area contributed by atoms with Crippen LogP contribution in [0.4, 0.5) is 5.69 Å². The molecule has 10 heteroatoms. The maximum Gasteiger partial charge on any atom is 0.264 e. The minimum atomic E-state index is -4.22. The zero-order chi connectivity index (χ0) is 30.1. The molecule has 1 saturated carbocycles. The van der Waals surface area contributed by atoms with Crippen LogP contribution in [0.25, 0.3) is 0 Å². The predicted octanol–water partition coefficient (Wildman–Crippen LogP) is 5.45. The zero-order valence-electron chi connectivity index (χ0n) is 24.0. The number of ether oxygens (including phenoxy) is 1. The van der Waals surface area contributed by atoms with Crippen LogP contribution in [0.5, 0.6) is 5.75 Å². The average Bonchev–Trinajstić information content (AvgIpc) is 3.01. The van der Waals surface area contributed by atoms with Gasteiger partial charge in [-0.25, -0.2) is 8.42 Å². The summed E-state index contributed by atoms with van der Waals surface area (Å²) in [4.78, 5) is 29.0. The second kappa shape index (κ2) is 14.6. The van der Waals surface area contributed by atoms with Crippen molar-refractivity contribution >= 4 is 39.1 Å². The van der Waals surface area contributed by atoms with Crippen LogP contribution in [0.15, 0.2) is 83.8 Å². The van der Waals surface area contributed by atoms with Gasteiger partial charge in [0.1, 0.15) is 18.3 Å². The number of halogens is 1. The van der Waals surface area contributed by atoms with E-state index in [1.54, 1.807) is 37.3 Å². The van der Waals surface area contributed by atoms with Gasteiger partial charge in [0.05, 0.1) is 17.7 Å². The molecule has 0 bridgehead atoms. The van der Waals surface area contributed by atoms with E-state index in [-0.39, 0.29) is 39.8 Å². The lowest BCUT2D eigenvalue weighted by Crippen LogP contribution is -2.53. The van der Waals surface area contributed by atoms with E-state index in [1.165, 1.54) is 30.2 Å². The van der Waals surface area contributed by atoms with E-state index in [2.05, 4.69) is 5.32 Å². The van der Waals surface area contributed by atoms with Crippen molar-refractivity contribution in [1.82, 2.24) is 10.2 Å². The number of nitrogens with zero attached hydrogens (tertiary/aromatic N) is 2. The fourth-order valence-electron chi connectivity index (χ4n) is 5.23. The number of benzene rings is 3. The second-order valence-electron chi connectivity index (χ2n) is 10.5. The van der Waals surface area contributed by atoms with E-state index in [0.717, 1.165) is 42.0 Å². The molecule has 3 aromatic rings. The first-order chi connectivity index (χ1) is 20.2. The number of sulfonamides is 1. The molecule has 0 saturated heterocycles. The number of carbonyl (C=O) groups excluding carboxylic acids is 2. The number of anilines is 1. The molecule has 0 unspecified atom stereocenters. The van der Waals surface area contributed by atoms with Crippen LogP contribution < -0.4 is 14.4 Å². The first-order valence-corrected chi connectivity index (χ1v) is 16.1. The lowest BCUT2D eigenvalue weighted by molar-refractivity contribution is -0.139. The van der Waals surface area contributed by atoms with Crippen molar-refractivity contribution < 1.29 is 22.7 Å². The quantitative estimate of drug-likeness (QED) is 0.294. The Labute approximate surface area is 253 Å². The summed E-state index contributed by atoms with van der Waals surface area (Å²) in [5.41, 5.74) is 1.13. The third-order valence-corrected chi connectivity index (χ3v) is 9.63. The SMILES string of the molecule is COc1ccc(Cl)cc1N(CC(=O)N(CCc1ccccc1)[C@@H](C)C(=O)NC1CCCCC1)S(=O)(=O)c1ccccc1. The zero-order valence-corrected chi connectivity index (χ0v) is 25.6. The molecule has 1 fully saturated rings. The van der Waals surface area contributed by atoms with Crippen molar-refractivity contribution in [3.63, 3.8) is 0 Å². The van der Waals surface area contributed by atoms with E-state index >= 15 is 0 Å². The first-order valence-electron chi connectivity index (χ1n) is 14.3. The lowest BCUT2D eigenvalue weighted by atomic mass is 9.95. The third-order valence-electron chi connectivity index (χ3n) is 7.62. The van der Waals surface area contributed by atoms with Gasteiger partial charge in [-0.05, 0) is 62.1 Å². The van der Waals surface area contributed by atoms with Crippen LogP contribution in [-0.4, -0.2) is 57.4 Å². The largest absolute Gasteiger partial charge is 0.495 e. The van der Waals surface area contributed by atoms with Gasteiger partial charge in [-0.2, -0.15) is 0 Å². The van der Waals surface area contributed by atoms with Gasteiger partial charge in [0.25, 0.3) is 10.0 Å². The maximum absolute atomic E-state index is 14.1. The number of nitrogens with one attached hydrogen (secondary N) is 1. The van der Waals surface area contributed by atoms with Gasteiger partial charge >= 0.3 is 0 Å². The molecule has 0 spiro atoms. The van der Waals surface area contributed by atoms with E-state index in [4.69, 9.17) is 16.3 Å². The van der Waals surface area contributed by atoms with Crippen LogP contribution in [0.3, 0.4) is 0 Å². The molecular formula is C32H38ClN3O5S. The molecule has 8 nitrogen and oxygen atoms in total. The Bertz CT molecular complexity index is 1450. The van der Waals surface area contributed by atoms with Crippen molar-refractivity contribution in [2.45, 2.75) is 62.4 Å². The van der Waals surface area contributed by atoms with Crippen molar-refractivity contribution in [3.8, 4) is 5.75 Å². The van der Waals surface area contributed by atoms with Crippen LogP contribution in [-0.2, 0) is 26.0 Å². The Morgan fingerprint density at radius 2 is 1.62 bits per heavy atom. The summed E-state index contributed by atoms with van der Waals surface area (Å²) in [5.74, 6) is -0.523. The third kappa shape index (κ3) is 7.83. The molecule has 0 aromatic heterocycles. The molecule has 224 valence electrons. The van der Waals surface area contributed by atoms with E-state index < -0.39 is 28.5 Å². The highest BCUT2D eigenvalue weighted by atomic mass is 35.5. The van der Waals surface area contributed by atoms with Gasteiger partial charge in [-0.15, -0.1) is 0 Å². The molecule has 1 N–H and O–H groups in total. The highest BCUT2D eigenvalue weighted by Gasteiger charge is 2.34. The molecule has 2 amide bonds. The molecule has 1 atom stereocenters. The molecule has 1 aliphatic rings. The minimum Gasteiger partial charge on any atom is -0.495 e. The molecule has 4 rings (SSSR count). The summed E-state index contributed by atoms with van der Waals surface area (Å²) in [7, 11) is -2.80. The Morgan fingerprint density at radius 3 is 2.26 bits per heavy atom. The Kier molecular flexibility index (Phi) is 10.9. The predicted molar refractivity (Wildman–Crippen MR) is 165 cm³/mol. The van der Waals surface area contributed by atoms with Crippen molar-refractivity contribution in [1.29, 1.82) is 0 Å². The summed E-state index contributed by atoms with van der Waals surface area (Å²) in [6.07, 6.45) is 5.59. The van der Waals surface area contributed by atoms with Gasteiger partial charge < -0.3 is 15.0 Å². The molecule has 1 aliphatic carbocycles. The van der Waals surface area contributed by atoms with Crippen LogP contribution in [0.2, 0.25) is 5.02 Å². The molecule has 0 heterocycles. The lowest BCUT2D eigenvalue weighted by Gasteiger charge is -2.33. The molecular weight excluding hydrogens is 574 g/mol. The maximum atomic E-state index is 14.1. The monoisotopic (exact) mass is 611 g/mol. The molecule has 0 radical (unpaired) electrons. The summed E-state index contributed by atoms with van der Waals surface area (Å²) in [6.45, 7) is 1.37. The van der Waals surface area contributed by atoms with Gasteiger partial charge in [0, 0.05) is 17.6 Å². The Hall–Kier alpha value is -3.56. The normalized spacial score (nSPS) is 14.5. The van der Waals surface area contributed by atoms with Crippen molar-refractivity contribution in [2.24, 2.45) is 0 Å². The second-order valence-corrected chi connectivity index (χ2v) is 12.8. The average molecular weight is 612 g/mol. The van der Waals surface area contributed by atoms with Crippen molar-refractivity contribution in [2.75, 3.05) is 24.5 Å². The summed E-state index contributed by atoms with van der Waals surface area (Å²) >= 11 is 6.29. The number of hydrogen-bond acceptors (Lipinski definition) is 5. The topological polar surface area (TPSA) is 96.0 Å². The summed E-state index contributed by atoms with van der Waals surface area (Å²) in [5, 5.41) is 3.40. The van der Waals surface area contributed by atoms with Gasteiger partial charge in [0.2, 0.25) is 11.8 Å². The van der Waals surface area contributed by atoms with E-state index in [9.17, 15) is 18.0 Å². The van der Waals surface area contributed by atoms with Crippen LogP contribution in [0.1, 0.15) is 44.6 Å². The van der Waals surface area contributed by atoms with E-state index in [1.807, 2.05) is 30.3 Å². The fourth-order valence-corrected chi connectivity index (χ4v) is 6.83. The van der Waals surface area contributed by atoms with Crippen LogP contribution >= 0.6 is 11.6 Å². The Morgan fingerprint density at radius 1 is 0.976 bits per heavy atom. The molecule has 42 heavy (non-hydrogen) atoms. The molecule has 0 aliphatic heterocycles. The Balaban J connectivity index is 1.68. The fraction of sp³-hybridized carbons (Fsp3) is 0.375. The van der Waals surface area contributed by atoms with Crippen LogP contribution in [0, 0.1) is 0 Å². The molecule has 3 aromatic carbocycles. The highest BCUT2D eigenvalue weighted by molar-refractivity contribution is 7.92. The minimum absolute atomic E-state index is 0.0127. The van der Waals surface area contributed by atoms with Gasteiger partial charge in [-0.3, -0.25) is 13.9 Å². The summed E-state index contributed by atoms with van der Waals surface area (Å²) in [6, 6.07) is 21.4. The van der Waals surface area contributed by atoms with Crippen molar-refractivity contribution in [3.05, 3.63) is 89.4 Å². The first kappa shape index (κ1) is 31.4. The standard InChI is InChI=1S/C32H38ClN3O5S/c1-24(32(38)34-27-14-8-4-9-15-27)35(21-20-25-12-6-3-7-13-25)31(37)23-36(29-22-26(33)18-19-30(29)41-2)42(39,40)28-16-10-5-11-17-28/h3,5-7,10-13,16-19,22,24,27H,4,8-9,14-15,20-21,23H2,1-2H3,(H,34,38)/t24-/m0/s1. The van der Waals surface area contributed by atoms with E-state index in [0.29, 0.717) is 6.42 Å². The smallest absolute Gasteiger partial charge is 0.264 e. The number of amides is 2.